The first-order valence-corrected chi connectivity index (χ1v) is 7.32. The highest BCUT2D eigenvalue weighted by Gasteiger charge is 2.19. The number of aryl methyl sites for hydroxylation is 1. The number of carbonyl (C=O) groups excluding carboxylic acids is 1. The third-order valence-corrected chi connectivity index (χ3v) is 3.85. The van der Waals surface area contributed by atoms with E-state index in [0.29, 0.717) is 6.42 Å². The second-order valence-corrected chi connectivity index (χ2v) is 6.04. The monoisotopic (exact) mass is 325 g/mol. The van der Waals surface area contributed by atoms with Gasteiger partial charge in [0.1, 0.15) is 0 Å². The van der Waals surface area contributed by atoms with Crippen LogP contribution in [0.25, 0.3) is 0 Å². The van der Waals surface area contributed by atoms with Gasteiger partial charge in [-0.25, -0.2) is 0 Å². The van der Waals surface area contributed by atoms with Crippen LogP contribution in [0, 0.1) is 6.92 Å². The fourth-order valence-corrected chi connectivity index (χ4v) is 2.80. The summed E-state index contributed by atoms with van der Waals surface area (Å²) in [6.45, 7) is 4.91. The van der Waals surface area contributed by atoms with E-state index in [9.17, 15) is 4.79 Å². The lowest BCUT2D eigenvalue weighted by molar-refractivity contribution is -0.116. The molecule has 1 heterocycles. The number of nitrogens with zero attached hydrogens (tertiary/aromatic N) is 1. The minimum Gasteiger partial charge on any atom is -0.326 e. The Balaban J connectivity index is 1.90. The quantitative estimate of drug-likeness (QED) is 0.893. The van der Waals surface area contributed by atoms with Crippen molar-refractivity contribution >= 4 is 27.5 Å². The molecule has 0 radical (unpaired) electrons. The lowest BCUT2D eigenvalue weighted by Gasteiger charge is -2.30. The zero-order valence-corrected chi connectivity index (χ0v) is 13.0. The standard InChI is InChI=1S/C14H20BrN3O/c1-10-7-11(15)3-4-13(10)17-14(19)8-12-9-18(2)6-5-16-12/h3-4,7,12,16H,5-6,8-9H2,1-2H3,(H,17,19). The van der Waals surface area contributed by atoms with Crippen LogP contribution in [-0.2, 0) is 4.79 Å². The predicted octanol–water partition coefficient (Wildman–Crippen LogP) is 1.99. The van der Waals surface area contributed by atoms with Crippen molar-refractivity contribution in [1.29, 1.82) is 0 Å². The van der Waals surface area contributed by atoms with Gasteiger partial charge in [-0.2, -0.15) is 0 Å². The first-order chi connectivity index (χ1) is 9.04. The number of benzene rings is 1. The number of amides is 1. The van der Waals surface area contributed by atoms with Gasteiger partial charge in [-0.3, -0.25) is 4.79 Å². The van der Waals surface area contributed by atoms with Gasteiger partial charge < -0.3 is 15.5 Å². The summed E-state index contributed by atoms with van der Waals surface area (Å²) in [6.07, 6.45) is 0.514. The molecule has 2 rings (SSSR count). The third-order valence-electron chi connectivity index (χ3n) is 3.35. The molecule has 0 aliphatic carbocycles. The average Bonchev–Trinajstić information content (AvgIpc) is 2.33. The Hall–Kier alpha value is -0.910. The molecule has 19 heavy (non-hydrogen) atoms. The van der Waals surface area contributed by atoms with Crippen molar-refractivity contribution in [2.75, 3.05) is 32.0 Å². The Kier molecular flexibility index (Phi) is 4.96. The lowest BCUT2D eigenvalue weighted by Crippen LogP contribution is -2.50. The summed E-state index contributed by atoms with van der Waals surface area (Å²) in [5.41, 5.74) is 1.95. The molecule has 0 spiro atoms. The van der Waals surface area contributed by atoms with Crippen molar-refractivity contribution in [1.82, 2.24) is 10.2 Å². The molecule has 1 aromatic rings. The minimum atomic E-state index is 0.0678. The van der Waals surface area contributed by atoms with E-state index in [1.165, 1.54) is 0 Å². The number of halogens is 1. The van der Waals surface area contributed by atoms with Gasteiger partial charge in [0.05, 0.1) is 0 Å². The average molecular weight is 326 g/mol. The third kappa shape index (κ3) is 4.30. The number of carbonyl (C=O) groups is 1. The summed E-state index contributed by atoms with van der Waals surface area (Å²) >= 11 is 3.42. The molecule has 1 fully saturated rings. The van der Waals surface area contributed by atoms with Crippen molar-refractivity contribution in [3.63, 3.8) is 0 Å². The summed E-state index contributed by atoms with van der Waals surface area (Å²) in [4.78, 5) is 14.3. The lowest BCUT2D eigenvalue weighted by atomic mass is 10.1. The molecule has 0 bridgehead atoms. The molecule has 1 aromatic carbocycles. The summed E-state index contributed by atoms with van der Waals surface area (Å²) in [6, 6.07) is 6.12. The fraction of sp³-hybridized carbons (Fsp3) is 0.500. The van der Waals surface area contributed by atoms with Gasteiger partial charge in [0.2, 0.25) is 5.91 Å². The van der Waals surface area contributed by atoms with E-state index in [1.807, 2.05) is 25.1 Å². The van der Waals surface area contributed by atoms with Gasteiger partial charge in [0.15, 0.2) is 0 Å². The zero-order valence-electron chi connectivity index (χ0n) is 11.4. The number of nitrogens with one attached hydrogen (secondary N) is 2. The Morgan fingerprint density at radius 3 is 3.05 bits per heavy atom. The summed E-state index contributed by atoms with van der Waals surface area (Å²) in [7, 11) is 2.09. The molecule has 0 aromatic heterocycles. The predicted molar refractivity (Wildman–Crippen MR) is 81.4 cm³/mol. The summed E-state index contributed by atoms with van der Waals surface area (Å²) < 4.78 is 1.03. The van der Waals surface area contributed by atoms with E-state index in [2.05, 4.69) is 38.5 Å². The number of hydrogen-bond acceptors (Lipinski definition) is 3. The Bertz CT molecular complexity index is 464. The molecule has 1 aliphatic heterocycles. The first-order valence-electron chi connectivity index (χ1n) is 6.52. The molecule has 1 aliphatic rings. The smallest absolute Gasteiger partial charge is 0.225 e. The van der Waals surface area contributed by atoms with E-state index >= 15 is 0 Å². The van der Waals surface area contributed by atoms with Crippen LogP contribution in [0.1, 0.15) is 12.0 Å². The maximum atomic E-state index is 12.0. The molecular weight excluding hydrogens is 306 g/mol. The van der Waals surface area contributed by atoms with Gasteiger partial charge >= 0.3 is 0 Å². The first kappa shape index (κ1) is 14.5. The van der Waals surface area contributed by atoms with Crippen molar-refractivity contribution in [3.8, 4) is 0 Å². The van der Waals surface area contributed by atoms with Crippen LogP contribution >= 0.6 is 15.9 Å². The number of piperazine rings is 1. The molecule has 5 heteroatoms. The number of rotatable bonds is 3. The normalized spacial score (nSPS) is 20.3. The molecule has 2 N–H and O–H groups in total. The van der Waals surface area contributed by atoms with E-state index in [1.54, 1.807) is 0 Å². The SMILES string of the molecule is Cc1cc(Br)ccc1NC(=O)CC1CN(C)CCN1. The minimum absolute atomic E-state index is 0.0678. The van der Waals surface area contributed by atoms with Crippen LogP contribution < -0.4 is 10.6 Å². The van der Waals surface area contributed by atoms with Crippen molar-refractivity contribution < 1.29 is 4.79 Å². The van der Waals surface area contributed by atoms with Crippen LogP contribution in [0.5, 0.6) is 0 Å². The second kappa shape index (κ2) is 6.50. The van der Waals surface area contributed by atoms with E-state index < -0.39 is 0 Å². The van der Waals surface area contributed by atoms with Gasteiger partial charge in [0.25, 0.3) is 0 Å². The molecule has 1 amide bonds. The molecular formula is C14H20BrN3O. The van der Waals surface area contributed by atoms with Crippen molar-refractivity contribution in [3.05, 3.63) is 28.2 Å². The van der Waals surface area contributed by atoms with E-state index in [-0.39, 0.29) is 11.9 Å². The maximum absolute atomic E-state index is 12.0. The molecule has 0 saturated carbocycles. The molecule has 104 valence electrons. The van der Waals surface area contributed by atoms with Crippen LogP contribution in [-0.4, -0.2) is 43.5 Å². The highest BCUT2D eigenvalue weighted by atomic mass is 79.9. The fourth-order valence-electron chi connectivity index (χ4n) is 2.32. The van der Waals surface area contributed by atoms with Crippen LogP contribution in [0.15, 0.2) is 22.7 Å². The van der Waals surface area contributed by atoms with Gasteiger partial charge in [-0.15, -0.1) is 0 Å². The topological polar surface area (TPSA) is 44.4 Å². The molecule has 1 atom stereocenters. The Morgan fingerprint density at radius 1 is 1.58 bits per heavy atom. The second-order valence-electron chi connectivity index (χ2n) is 5.12. The summed E-state index contributed by atoms with van der Waals surface area (Å²) in [5.74, 6) is 0.0678. The van der Waals surface area contributed by atoms with Crippen LogP contribution in [0.2, 0.25) is 0 Å². The van der Waals surface area contributed by atoms with Crippen molar-refractivity contribution in [2.24, 2.45) is 0 Å². The van der Waals surface area contributed by atoms with Gasteiger partial charge in [-0.1, -0.05) is 15.9 Å². The zero-order chi connectivity index (χ0) is 13.8. The van der Waals surface area contributed by atoms with Gasteiger partial charge in [-0.05, 0) is 37.7 Å². The van der Waals surface area contributed by atoms with Crippen LogP contribution in [0.4, 0.5) is 5.69 Å². The number of likely N-dealkylation sites (N-methyl/N-ethyl adjacent to an activating group) is 1. The van der Waals surface area contributed by atoms with Crippen LogP contribution in [0.3, 0.4) is 0 Å². The number of anilines is 1. The van der Waals surface area contributed by atoms with E-state index in [0.717, 1.165) is 35.4 Å². The van der Waals surface area contributed by atoms with Gasteiger partial charge in [0, 0.05) is 42.3 Å². The number of hydrogen-bond donors (Lipinski definition) is 2. The Morgan fingerprint density at radius 2 is 2.37 bits per heavy atom. The molecule has 4 nitrogen and oxygen atoms in total. The molecule has 1 saturated heterocycles. The highest BCUT2D eigenvalue weighted by Crippen LogP contribution is 2.20. The molecule has 1 unspecified atom stereocenters. The summed E-state index contributed by atoms with van der Waals surface area (Å²) in [5, 5.41) is 6.36. The largest absolute Gasteiger partial charge is 0.326 e. The van der Waals surface area contributed by atoms with Crippen molar-refractivity contribution in [2.45, 2.75) is 19.4 Å². The highest BCUT2D eigenvalue weighted by molar-refractivity contribution is 9.10. The van der Waals surface area contributed by atoms with E-state index in [4.69, 9.17) is 0 Å². The maximum Gasteiger partial charge on any atom is 0.225 e. The Labute approximate surface area is 122 Å².